The fourth-order valence-corrected chi connectivity index (χ4v) is 1.74. The van der Waals surface area contributed by atoms with Crippen molar-refractivity contribution in [1.29, 1.82) is 0 Å². The molecule has 0 unspecified atom stereocenters. The summed E-state index contributed by atoms with van der Waals surface area (Å²) < 4.78 is 5.23. The number of carbonyl (C=O) groups is 2. The van der Waals surface area contributed by atoms with Crippen molar-refractivity contribution in [3.8, 4) is 0 Å². The fourth-order valence-electron chi connectivity index (χ4n) is 1.74. The van der Waals surface area contributed by atoms with Crippen LogP contribution >= 0.6 is 0 Å². The Kier molecular flexibility index (Phi) is 4.47. The highest BCUT2D eigenvalue weighted by molar-refractivity contribution is 5.77. The number of likely N-dealkylation sites (tertiary alicyclic amines) is 1. The van der Waals surface area contributed by atoms with Crippen LogP contribution in [0.2, 0.25) is 0 Å². The Balaban J connectivity index is 2.25. The van der Waals surface area contributed by atoms with Gasteiger partial charge in [0.2, 0.25) is 5.91 Å². The van der Waals surface area contributed by atoms with Crippen LogP contribution in [0, 0.1) is 0 Å². The number of carboxylic acids is 1. The Hall–Kier alpha value is -1.14. The van der Waals surface area contributed by atoms with Gasteiger partial charge in [-0.2, -0.15) is 0 Å². The van der Waals surface area contributed by atoms with E-state index in [1.165, 1.54) is 0 Å². The number of nitrogens with zero attached hydrogens (tertiary/aromatic N) is 2. The number of hydrogen-bond acceptors (Lipinski definition) is 4. The molecule has 0 saturated carbocycles. The van der Waals surface area contributed by atoms with Gasteiger partial charge in [0.05, 0.1) is 13.1 Å². The van der Waals surface area contributed by atoms with Crippen molar-refractivity contribution in [2.24, 2.45) is 0 Å². The van der Waals surface area contributed by atoms with E-state index in [4.69, 9.17) is 9.84 Å². The Morgan fingerprint density at radius 3 is 2.47 bits per heavy atom. The highest BCUT2D eigenvalue weighted by atomic mass is 16.5. The first-order valence-corrected chi connectivity index (χ1v) is 5.61. The van der Waals surface area contributed by atoms with Crippen LogP contribution in [0.25, 0.3) is 0 Å². The van der Waals surface area contributed by atoms with Gasteiger partial charge in [-0.25, -0.2) is 4.79 Å². The van der Waals surface area contributed by atoms with Crippen molar-refractivity contribution in [1.82, 2.24) is 9.80 Å². The van der Waals surface area contributed by atoms with Crippen molar-refractivity contribution >= 4 is 11.9 Å². The van der Waals surface area contributed by atoms with Crippen LogP contribution in [0.1, 0.15) is 13.3 Å². The lowest BCUT2D eigenvalue weighted by Crippen LogP contribution is -2.63. The lowest BCUT2D eigenvalue weighted by Gasteiger charge is -2.47. The third-order valence-electron chi connectivity index (χ3n) is 2.72. The van der Waals surface area contributed by atoms with Gasteiger partial charge in [0, 0.05) is 13.0 Å². The van der Waals surface area contributed by atoms with Crippen LogP contribution in [0.5, 0.6) is 0 Å². The molecule has 0 atom stereocenters. The zero-order valence-electron chi connectivity index (χ0n) is 10.6. The van der Waals surface area contributed by atoms with Crippen LogP contribution in [0.3, 0.4) is 0 Å². The van der Waals surface area contributed by atoms with Crippen molar-refractivity contribution in [3.63, 3.8) is 0 Å². The number of carbonyl (C=O) groups excluding carboxylic acids is 1. The second kappa shape index (κ2) is 5.46. The predicted octanol–water partition coefficient (Wildman–Crippen LogP) is -0.360. The van der Waals surface area contributed by atoms with E-state index in [2.05, 4.69) is 0 Å². The molecule has 6 heteroatoms. The molecule has 0 aliphatic carbocycles. The summed E-state index contributed by atoms with van der Waals surface area (Å²) in [6.07, 6.45) is 0.488. The predicted molar refractivity (Wildman–Crippen MR) is 61.7 cm³/mol. The van der Waals surface area contributed by atoms with Gasteiger partial charge in [0.15, 0.2) is 0 Å². The second-order valence-corrected chi connectivity index (χ2v) is 4.94. The summed E-state index contributed by atoms with van der Waals surface area (Å²) in [5, 5.41) is 8.51. The highest BCUT2D eigenvalue weighted by Gasteiger charge is 2.42. The molecule has 6 nitrogen and oxygen atoms in total. The molecule has 1 aliphatic rings. The van der Waals surface area contributed by atoms with Crippen LogP contribution in [-0.2, 0) is 14.3 Å². The largest absolute Gasteiger partial charge is 0.480 e. The minimum absolute atomic E-state index is 0.0927. The van der Waals surface area contributed by atoms with E-state index in [-0.39, 0.29) is 12.5 Å². The Morgan fingerprint density at radius 1 is 1.41 bits per heavy atom. The molecule has 0 bridgehead atoms. The summed E-state index contributed by atoms with van der Waals surface area (Å²) >= 11 is 0. The van der Waals surface area contributed by atoms with Gasteiger partial charge >= 0.3 is 5.97 Å². The van der Waals surface area contributed by atoms with Gasteiger partial charge in [-0.15, -0.1) is 0 Å². The van der Waals surface area contributed by atoms with Gasteiger partial charge in [0.25, 0.3) is 0 Å². The number of carboxylic acid groups (broad SMARTS) is 1. The Morgan fingerprint density at radius 2 is 2.00 bits per heavy atom. The molecular weight excluding hydrogens is 224 g/mol. The smallest absolute Gasteiger partial charge is 0.329 e. The molecule has 0 spiro atoms. The van der Waals surface area contributed by atoms with Crippen molar-refractivity contribution in [2.45, 2.75) is 18.9 Å². The van der Waals surface area contributed by atoms with Gasteiger partial charge in [-0.1, -0.05) is 0 Å². The third kappa shape index (κ3) is 4.32. The number of aliphatic carboxylic acids is 1. The first-order valence-electron chi connectivity index (χ1n) is 5.61. The maximum atomic E-state index is 11.7. The van der Waals surface area contributed by atoms with Crippen LogP contribution in [0.4, 0.5) is 0 Å². The summed E-state index contributed by atoms with van der Waals surface area (Å²) in [6, 6.07) is 0. The lowest BCUT2D eigenvalue weighted by atomic mass is 9.96. The molecule has 1 aliphatic heterocycles. The van der Waals surface area contributed by atoms with Gasteiger partial charge < -0.3 is 19.6 Å². The Bertz CT molecular complexity index is 298. The molecule has 17 heavy (non-hydrogen) atoms. The molecule has 0 aromatic carbocycles. The molecular formula is C11H20N2O4. The summed E-state index contributed by atoms with van der Waals surface area (Å²) in [5.41, 5.74) is -0.494. The molecule has 1 heterocycles. The van der Waals surface area contributed by atoms with Gasteiger partial charge in [-0.3, -0.25) is 4.79 Å². The first kappa shape index (κ1) is 13.9. The van der Waals surface area contributed by atoms with Crippen molar-refractivity contribution < 1.29 is 19.4 Å². The quantitative estimate of drug-likeness (QED) is 0.691. The molecule has 98 valence electrons. The average Bonchev–Trinajstić information content (AvgIpc) is 2.19. The number of rotatable bonds is 6. The van der Waals surface area contributed by atoms with E-state index >= 15 is 0 Å². The molecule has 1 saturated heterocycles. The Labute approximate surface area is 101 Å². The van der Waals surface area contributed by atoms with E-state index in [1.807, 2.05) is 25.9 Å². The molecule has 0 radical (unpaired) electrons. The van der Waals surface area contributed by atoms with Gasteiger partial charge in [0.1, 0.15) is 12.2 Å². The molecule has 1 N–H and O–H groups in total. The number of hydrogen-bond donors (Lipinski definition) is 1. The minimum Gasteiger partial charge on any atom is -0.480 e. The number of amides is 1. The maximum absolute atomic E-state index is 11.7. The first-order chi connectivity index (χ1) is 7.82. The highest BCUT2D eigenvalue weighted by Crippen LogP contribution is 2.25. The van der Waals surface area contributed by atoms with Gasteiger partial charge in [-0.05, 0) is 21.0 Å². The van der Waals surface area contributed by atoms with Crippen molar-refractivity contribution in [3.05, 3.63) is 0 Å². The standard InChI is InChI=1S/C11H20N2O4/c1-11(17-6-10(15)16)7-13(8-11)9(14)4-5-12(2)3/h4-8H2,1-3H3,(H,15,16). The zero-order valence-corrected chi connectivity index (χ0v) is 10.6. The summed E-state index contributed by atoms with van der Waals surface area (Å²) in [7, 11) is 3.84. The van der Waals surface area contributed by atoms with Crippen molar-refractivity contribution in [2.75, 3.05) is 40.3 Å². The lowest BCUT2D eigenvalue weighted by molar-refractivity contribution is -0.173. The van der Waals surface area contributed by atoms with Crippen LogP contribution in [-0.4, -0.2) is 72.7 Å². The molecule has 1 fully saturated rings. The van der Waals surface area contributed by atoms with E-state index in [1.54, 1.807) is 4.90 Å². The number of ether oxygens (including phenoxy) is 1. The monoisotopic (exact) mass is 244 g/mol. The summed E-state index contributed by atoms with van der Waals surface area (Å²) in [6.45, 7) is 3.20. The van der Waals surface area contributed by atoms with E-state index in [9.17, 15) is 9.59 Å². The molecule has 1 amide bonds. The molecule has 0 aromatic heterocycles. The molecule has 1 rings (SSSR count). The zero-order chi connectivity index (χ0) is 13.1. The average molecular weight is 244 g/mol. The normalized spacial score (nSPS) is 18.0. The van der Waals surface area contributed by atoms with Crippen LogP contribution in [0.15, 0.2) is 0 Å². The van der Waals surface area contributed by atoms with Crippen LogP contribution < -0.4 is 0 Å². The summed E-state index contributed by atoms with van der Waals surface area (Å²) in [4.78, 5) is 25.7. The SMILES string of the molecule is CN(C)CCC(=O)N1CC(C)(OCC(=O)O)C1. The van der Waals surface area contributed by atoms with E-state index in [0.29, 0.717) is 19.5 Å². The topological polar surface area (TPSA) is 70.1 Å². The summed E-state index contributed by atoms with van der Waals surface area (Å²) in [5.74, 6) is -0.890. The maximum Gasteiger partial charge on any atom is 0.329 e. The van der Waals surface area contributed by atoms with E-state index in [0.717, 1.165) is 6.54 Å². The molecule has 0 aromatic rings. The van der Waals surface area contributed by atoms with E-state index < -0.39 is 11.6 Å². The second-order valence-electron chi connectivity index (χ2n) is 4.94. The minimum atomic E-state index is -0.983. The third-order valence-corrected chi connectivity index (χ3v) is 2.72. The fraction of sp³-hybridized carbons (Fsp3) is 0.818.